The molecule has 0 atom stereocenters. The Hall–Kier alpha value is -2.49. The normalized spacial score (nSPS) is 12.7. The maximum Gasteiger partial charge on any atom is 0.257 e. The molecule has 1 amide bonds. The minimum Gasteiger partial charge on any atom is -0.491 e. The van der Waals surface area contributed by atoms with Gasteiger partial charge < -0.3 is 14.8 Å². The zero-order valence-electron chi connectivity index (χ0n) is 15.6. The molecule has 4 heteroatoms. The van der Waals surface area contributed by atoms with Crippen molar-refractivity contribution < 1.29 is 14.3 Å². The minimum atomic E-state index is -0.0924. The van der Waals surface area contributed by atoms with Crippen LogP contribution in [0.3, 0.4) is 0 Å². The summed E-state index contributed by atoms with van der Waals surface area (Å²) in [4.78, 5) is 12.0. The Morgan fingerprint density at radius 3 is 2.54 bits per heavy atom. The molecule has 0 unspecified atom stereocenters. The maximum atomic E-state index is 12.0. The minimum absolute atomic E-state index is 0.0555. The summed E-state index contributed by atoms with van der Waals surface area (Å²) in [5.41, 5.74) is 3.93. The van der Waals surface area contributed by atoms with E-state index in [9.17, 15) is 4.79 Å². The number of rotatable bonds is 8. The lowest BCUT2D eigenvalue weighted by Gasteiger charge is -2.11. The molecule has 0 saturated carbocycles. The van der Waals surface area contributed by atoms with E-state index in [2.05, 4.69) is 17.4 Å². The van der Waals surface area contributed by atoms with Crippen LogP contribution in [0.5, 0.6) is 11.5 Å². The second-order valence-corrected chi connectivity index (χ2v) is 6.98. The fraction of sp³-hybridized carbons (Fsp3) is 0.409. The molecule has 2 aromatic rings. The smallest absolute Gasteiger partial charge is 0.257 e. The van der Waals surface area contributed by atoms with Gasteiger partial charge in [-0.3, -0.25) is 4.79 Å². The van der Waals surface area contributed by atoms with E-state index in [0.29, 0.717) is 6.54 Å². The van der Waals surface area contributed by atoms with Gasteiger partial charge in [-0.15, -0.1) is 0 Å². The van der Waals surface area contributed by atoms with Crippen LogP contribution in [0.4, 0.5) is 0 Å². The first-order valence-electron chi connectivity index (χ1n) is 9.37. The number of hydrogen-bond acceptors (Lipinski definition) is 3. The summed E-state index contributed by atoms with van der Waals surface area (Å²) in [5, 5.41) is 2.91. The first-order chi connectivity index (χ1) is 12.6. The molecular weight excluding hydrogens is 326 g/mol. The van der Waals surface area contributed by atoms with E-state index >= 15 is 0 Å². The Labute approximate surface area is 155 Å². The molecule has 0 fully saturated rings. The second kappa shape index (κ2) is 8.75. The molecule has 0 radical (unpaired) electrons. The second-order valence-electron chi connectivity index (χ2n) is 6.98. The molecule has 0 aliphatic heterocycles. The predicted octanol–water partition coefficient (Wildman–Crippen LogP) is 3.70. The van der Waals surface area contributed by atoms with Gasteiger partial charge in [0.2, 0.25) is 0 Å². The molecule has 0 spiro atoms. The standard InChI is InChI=1S/C22H27NO3/c1-16(2)26-20-9-6-17(7-10-20)12-13-23-22(24)15-25-21-11-8-18-4-3-5-19(18)14-21/h6-11,14,16H,3-5,12-13,15H2,1-2H3,(H,23,24). The van der Waals surface area contributed by atoms with Crippen molar-refractivity contribution in [1.82, 2.24) is 5.32 Å². The largest absolute Gasteiger partial charge is 0.491 e. The topological polar surface area (TPSA) is 47.6 Å². The third-order valence-corrected chi connectivity index (χ3v) is 4.47. The van der Waals surface area contributed by atoms with Crippen molar-refractivity contribution in [3.8, 4) is 11.5 Å². The monoisotopic (exact) mass is 353 g/mol. The van der Waals surface area contributed by atoms with Crippen molar-refractivity contribution >= 4 is 5.91 Å². The van der Waals surface area contributed by atoms with Crippen molar-refractivity contribution in [2.75, 3.05) is 13.2 Å². The SMILES string of the molecule is CC(C)Oc1ccc(CCNC(=O)COc2ccc3c(c2)CCC3)cc1. The first-order valence-corrected chi connectivity index (χ1v) is 9.37. The predicted molar refractivity (Wildman–Crippen MR) is 103 cm³/mol. The number of nitrogens with one attached hydrogen (secondary N) is 1. The fourth-order valence-electron chi connectivity index (χ4n) is 3.19. The number of carbonyl (C=O) groups excluding carboxylic acids is 1. The Morgan fingerprint density at radius 2 is 1.77 bits per heavy atom. The summed E-state index contributed by atoms with van der Waals surface area (Å²) >= 11 is 0. The quantitative estimate of drug-likeness (QED) is 0.787. The average Bonchev–Trinajstić information content (AvgIpc) is 3.09. The molecule has 0 heterocycles. The van der Waals surface area contributed by atoms with E-state index < -0.39 is 0 Å². The van der Waals surface area contributed by atoms with E-state index in [1.54, 1.807) is 0 Å². The molecule has 1 N–H and O–H groups in total. The molecule has 0 bridgehead atoms. The van der Waals surface area contributed by atoms with Crippen LogP contribution >= 0.6 is 0 Å². The summed E-state index contributed by atoms with van der Waals surface area (Å²) < 4.78 is 11.2. The van der Waals surface area contributed by atoms with E-state index in [1.807, 2.05) is 44.2 Å². The summed E-state index contributed by atoms with van der Waals surface area (Å²) in [6.07, 6.45) is 4.43. The number of benzene rings is 2. The zero-order chi connectivity index (χ0) is 18.4. The molecule has 1 aliphatic rings. The highest BCUT2D eigenvalue weighted by Crippen LogP contribution is 2.25. The van der Waals surface area contributed by atoms with Gasteiger partial charge in [0.25, 0.3) is 5.91 Å². The lowest BCUT2D eigenvalue weighted by molar-refractivity contribution is -0.123. The molecule has 138 valence electrons. The van der Waals surface area contributed by atoms with Crippen molar-refractivity contribution in [1.29, 1.82) is 0 Å². The lowest BCUT2D eigenvalue weighted by Crippen LogP contribution is -2.30. The van der Waals surface area contributed by atoms with Crippen LogP contribution in [0, 0.1) is 0 Å². The summed E-state index contributed by atoms with van der Waals surface area (Å²) in [5.74, 6) is 1.56. The van der Waals surface area contributed by atoms with Gasteiger partial charge in [0.05, 0.1) is 6.10 Å². The van der Waals surface area contributed by atoms with Gasteiger partial charge in [0.1, 0.15) is 11.5 Å². The molecule has 2 aromatic carbocycles. The maximum absolute atomic E-state index is 12.0. The Balaban J connectivity index is 1.37. The highest BCUT2D eigenvalue weighted by molar-refractivity contribution is 5.77. The van der Waals surface area contributed by atoms with Crippen LogP contribution in [0.15, 0.2) is 42.5 Å². The van der Waals surface area contributed by atoms with Crippen LogP contribution in [0.25, 0.3) is 0 Å². The number of ether oxygens (including phenoxy) is 2. The van der Waals surface area contributed by atoms with Gasteiger partial charge in [0, 0.05) is 6.54 Å². The molecule has 0 aromatic heterocycles. The van der Waals surface area contributed by atoms with E-state index in [4.69, 9.17) is 9.47 Å². The van der Waals surface area contributed by atoms with E-state index in [0.717, 1.165) is 30.8 Å². The number of amides is 1. The summed E-state index contributed by atoms with van der Waals surface area (Å²) in [7, 11) is 0. The van der Waals surface area contributed by atoms with Crippen molar-refractivity contribution in [2.45, 2.75) is 45.6 Å². The van der Waals surface area contributed by atoms with Gasteiger partial charge in [-0.05, 0) is 80.5 Å². The number of carbonyl (C=O) groups is 1. The Morgan fingerprint density at radius 1 is 1.04 bits per heavy atom. The third kappa shape index (κ3) is 5.25. The first kappa shape index (κ1) is 18.3. The van der Waals surface area contributed by atoms with Crippen LogP contribution in [0.2, 0.25) is 0 Å². The molecular formula is C22H27NO3. The molecule has 3 rings (SSSR count). The molecule has 1 aliphatic carbocycles. The average molecular weight is 353 g/mol. The van der Waals surface area contributed by atoms with Gasteiger partial charge in [-0.25, -0.2) is 0 Å². The van der Waals surface area contributed by atoms with Crippen molar-refractivity contribution in [3.63, 3.8) is 0 Å². The zero-order valence-corrected chi connectivity index (χ0v) is 15.6. The fourth-order valence-corrected chi connectivity index (χ4v) is 3.19. The number of aryl methyl sites for hydroxylation is 2. The molecule has 0 saturated heterocycles. The number of fused-ring (bicyclic) bond motifs is 1. The number of hydrogen-bond donors (Lipinski definition) is 1. The van der Waals surface area contributed by atoms with E-state index in [-0.39, 0.29) is 18.6 Å². The third-order valence-electron chi connectivity index (χ3n) is 4.47. The van der Waals surface area contributed by atoms with Gasteiger partial charge in [-0.1, -0.05) is 18.2 Å². The highest BCUT2D eigenvalue weighted by atomic mass is 16.5. The lowest BCUT2D eigenvalue weighted by atomic mass is 10.1. The van der Waals surface area contributed by atoms with Crippen molar-refractivity contribution in [3.05, 3.63) is 59.2 Å². The van der Waals surface area contributed by atoms with Gasteiger partial charge in [0.15, 0.2) is 6.61 Å². The van der Waals surface area contributed by atoms with Crippen LogP contribution in [-0.2, 0) is 24.1 Å². The highest BCUT2D eigenvalue weighted by Gasteiger charge is 2.11. The molecule has 4 nitrogen and oxygen atoms in total. The Bertz CT molecular complexity index is 738. The van der Waals surface area contributed by atoms with Crippen LogP contribution in [0.1, 0.15) is 37.0 Å². The van der Waals surface area contributed by atoms with Gasteiger partial charge in [-0.2, -0.15) is 0 Å². The van der Waals surface area contributed by atoms with Gasteiger partial charge >= 0.3 is 0 Å². The Kier molecular flexibility index (Phi) is 6.16. The summed E-state index contributed by atoms with van der Waals surface area (Å²) in [6.45, 7) is 4.67. The van der Waals surface area contributed by atoms with Crippen LogP contribution in [-0.4, -0.2) is 25.2 Å². The van der Waals surface area contributed by atoms with Crippen molar-refractivity contribution in [2.24, 2.45) is 0 Å². The van der Waals surface area contributed by atoms with Crippen LogP contribution < -0.4 is 14.8 Å². The van der Waals surface area contributed by atoms with E-state index in [1.165, 1.54) is 23.1 Å². The summed E-state index contributed by atoms with van der Waals surface area (Å²) in [6, 6.07) is 14.1. The molecule has 26 heavy (non-hydrogen) atoms.